The number of benzene rings is 2. The first-order valence-corrected chi connectivity index (χ1v) is 8.60. The fourth-order valence-electron chi connectivity index (χ4n) is 2.54. The number of hydrogen-bond acceptors (Lipinski definition) is 3. The van der Waals surface area contributed by atoms with Gasteiger partial charge in [-0.1, -0.05) is 34.1 Å². The fraction of sp³-hybridized carbons (Fsp3) is 0.278. The van der Waals surface area contributed by atoms with Crippen LogP contribution < -0.4 is 19.7 Å². The van der Waals surface area contributed by atoms with E-state index in [4.69, 9.17) is 9.47 Å². The van der Waals surface area contributed by atoms with Crippen molar-refractivity contribution in [3.05, 3.63) is 52.5 Å². The molecule has 0 spiro atoms. The lowest BCUT2D eigenvalue weighted by molar-refractivity contribution is -0.907. The van der Waals surface area contributed by atoms with E-state index in [2.05, 4.69) is 27.3 Å². The van der Waals surface area contributed by atoms with Gasteiger partial charge in [0, 0.05) is 21.8 Å². The number of hydrogen-bond donors (Lipinski definition) is 2. The molecule has 0 fully saturated rings. The zero-order chi connectivity index (χ0) is 17.1. The minimum atomic E-state index is -0.192. The number of amides is 1. The average Bonchev–Trinajstić information content (AvgIpc) is 3.03. The van der Waals surface area contributed by atoms with Gasteiger partial charge in [0.2, 0.25) is 6.79 Å². The van der Waals surface area contributed by atoms with Gasteiger partial charge < -0.3 is 19.7 Å². The molecule has 24 heavy (non-hydrogen) atoms. The minimum Gasteiger partial charge on any atom is -0.454 e. The van der Waals surface area contributed by atoms with Gasteiger partial charge >= 0.3 is 0 Å². The van der Waals surface area contributed by atoms with E-state index in [9.17, 15) is 4.79 Å². The second-order valence-electron chi connectivity index (χ2n) is 5.89. The molecule has 3 rings (SSSR count). The average molecular weight is 392 g/mol. The van der Waals surface area contributed by atoms with E-state index < -0.39 is 0 Å². The van der Waals surface area contributed by atoms with Crippen molar-refractivity contribution in [1.29, 1.82) is 0 Å². The van der Waals surface area contributed by atoms with Crippen LogP contribution in [0.4, 0.5) is 5.69 Å². The number of likely N-dealkylation sites (N-methyl/N-ethyl adjacent to an activating group) is 1. The molecular weight excluding hydrogens is 372 g/mol. The van der Waals surface area contributed by atoms with E-state index in [1.165, 1.54) is 5.56 Å². The second-order valence-corrected chi connectivity index (χ2v) is 6.75. The van der Waals surface area contributed by atoms with E-state index in [1.54, 1.807) is 12.1 Å². The Morgan fingerprint density at radius 3 is 2.79 bits per heavy atom. The maximum atomic E-state index is 12.5. The summed E-state index contributed by atoms with van der Waals surface area (Å²) in [5.74, 6) is 1.34. The van der Waals surface area contributed by atoms with E-state index >= 15 is 0 Å². The quantitative estimate of drug-likeness (QED) is 0.821. The molecule has 5 nitrogen and oxygen atoms in total. The molecule has 0 saturated heterocycles. The van der Waals surface area contributed by atoms with Gasteiger partial charge in [-0.25, -0.2) is 0 Å². The van der Waals surface area contributed by atoms with Crippen LogP contribution in [0, 0.1) is 0 Å². The molecule has 2 N–H and O–H groups in total. The van der Waals surface area contributed by atoms with Crippen molar-refractivity contribution in [2.75, 3.05) is 19.2 Å². The molecule has 1 heterocycles. The molecular formula is C18H20BrN2O3+. The molecule has 1 amide bonds. The molecule has 0 aliphatic carbocycles. The van der Waals surface area contributed by atoms with E-state index in [-0.39, 0.29) is 18.7 Å². The molecule has 0 saturated carbocycles. The summed E-state index contributed by atoms with van der Waals surface area (Å²) in [6.07, 6.45) is 0. The normalized spacial score (nSPS) is 15.0. The smallest absolute Gasteiger partial charge is 0.282 e. The summed E-state index contributed by atoms with van der Waals surface area (Å²) >= 11 is 3.55. The maximum Gasteiger partial charge on any atom is 0.282 e. The Bertz CT molecular complexity index is 751. The molecule has 126 valence electrons. The fourth-order valence-corrected chi connectivity index (χ4v) is 2.97. The number of anilines is 1. The first-order valence-electron chi connectivity index (χ1n) is 7.81. The largest absolute Gasteiger partial charge is 0.454 e. The van der Waals surface area contributed by atoms with Crippen LogP contribution in [0.1, 0.15) is 12.5 Å². The summed E-state index contributed by atoms with van der Waals surface area (Å²) in [6.45, 7) is 2.91. The molecule has 1 aliphatic rings. The predicted molar refractivity (Wildman–Crippen MR) is 95.4 cm³/mol. The van der Waals surface area contributed by atoms with Gasteiger partial charge in [-0.3, -0.25) is 4.79 Å². The van der Waals surface area contributed by atoms with Crippen LogP contribution in [0.3, 0.4) is 0 Å². The highest BCUT2D eigenvalue weighted by Gasteiger charge is 2.23. The summed E-state index contributed by atoms with van der Waals surface area (Å²) < 4.78 is 11.7. The van der Waals surface area contributed by atoms with Crippen LogP contribution in [-0.2, 0) is 11.3 Å². The molecule has 1 aliphatic heterocycles. The van der Waals surface area contributed by atoms with Crippen molar-refractivity contribution < 1.29 is 19.2 Å². The predicted octanol–water partition coefficient (Wildman–Crippen LogP) is 2.22. The van der Waals surface area contributed by atoms with E-state index in [0.717, 1.165) is 15.9 Å². The van der Waals surface area contributed by atoms with Crippen LogP contribution >= 0.6 is 15.9 Å². The van der Waals surface area contributed by atoms with Crippen molar-refractivity contribution >= 4 is 27.5 Å². The number of carbonyl (C=O) groups is 1. The number of rotatable bonds is 5. The van der Waals surface area contributed by atoms with Gasteiger partial charge in [-0.15, -0.1) is 0 Å². The lowest BCUT2D eigenvalue weighted by Crippen LogP contribution is -3.12. The molecule has 0 bridgehead atoms. The lowest BCUT2D eigenvalue weighted by Gasteiger charge is -2.21. The molecule has 2 aromatic carbocycles. The maximum absolute atomic E-state index is 12.5. The van der Waals surface area contributed by atoms with Gasteiger partial charge in [0.25, 0.3) is 5.91 Å². The van der Waals surface area contributed by atoms with Crippen molar-refractivity contribution in [3.63, 3.8) is 0 Å². The monoisotopic (exact) mass is 391 g/mol. The Kier molecular flexibility index (Phi) is 5.06. The van der Waals surface area contributed by atoms with E-state index in [1.807, 2.05) is 38.2 Å². The topological polar surface area (TPSA) is 52.0 Å². The first kappa shape index (κ1) is 16.8. The molecule has 0 aromatic heterocycles. The second kappa shape index (κ2) is 7.23. The Hall–Kier alpha value is -2.05. The van der Waals surface area contributed by atoms with Gasteiger partial charge in [0.15, 0.2) is 17.5 Å². The van der Waals surface area contributed by atoms with Crippen LogP contribution in [0.15, 0.2) is 46.9 Å². The summed E-state index contributed by atoms with van der Waals surface area (Å²) in [5.41, 5.74) is 1.89. The van der Waals surface area contributed by atoms with Gasteiger partial charge in [-0.05, 0) is 25.1 Å². The van der Waals surface area contributed by atoms with Crippen molar-refractivity contribution in [3.8, 4) is 11.5 Å². The zero-order valence-electron chi connectivity index (χ0n) is 13.6. The highest BCUT2D eigenvalue weighted by molar-refractivity contribution is 9.10. The molecule has 1 unspecified atom stereocenters. The molecule has 2 atom stereocenters. The first-order chi connectivity index (χ1) is 11.5. The van der Waals surface area contributed by atoms with Gasteiger partial charge in [0.1, 0.15) is 6.54 Å². The van der Waals surface area contributed by atoms with Crippen molar-refractivity contribution in [2.45, 2.75) is 19.5 Å². The highest BCUT2D eigenvalue weighted by atomic mass is 79.9. The third-order valence-electron chi connectivity index (χ3n) is 4.20. The third kappa shape index (κ3) is 3.71. The number of nitrogens with one attached hydrogen (secondary N) is 2. The Morgan fingerprint density at radius 2 is 2.00 bits per heavy atom. The summed E-state index contributed by atoms with van der Waals surface area (Å²) in [4.78, 5) is 13.6. The SMILES string of the molecule is C[C@H](C(=O)Nc1ccc2c(c1)OCO2)[NH+](C)Cc1ccccc1Br. The number of fused-ring (bicyclic) bond motifs is 1. The number of quaternary nitrogens is 1. The summed E-state index contributed by atoms with van der Waals surface area (Å²) in [6, 6.07) is 13.3. The summed E-state index contributed by atoms with van der Waals surface area (Å²) in [5, 5.41) is 2.95. The van der Waals surface area contributed by atoms with Crippen LogP contribution in [-0.4, -0.2) is 25.8 Å². The number of carbonyl (C=O) groups excluding carboxylic acids is 1. The summed E-state index contributed by atoms with van der Waals surface area (Å²) in [7, 11) is 2.02. The van der Waals surface area contributed by atoms with Crippen LogP contribution in [0.2, 0.25) is 0 Å². The highest BCUT2D eigenvalue weighted by Crippen LogP contribution is 2.34. The minimum absolute atomic E-state index is 0.0292. The standard InChI is InChI=1S/C18H19BrN2O3/c1-12(21(2)10-13-5-3-4-6-15(13)19)18(22)20-14-7-8-16-17(9-14)24-11-23-16/h3-9,12H,10-11H2,1-2H3,(H,20,22)/p+1/t12-/m1/s1. The molecule has 0 radical (unpaired) electrons. The molecule has 2 aromatic rings. The number of halogens is 1. The number of ether oxygens (including phenoxy) is 2. The Labute approximate surface area is 149 Å². The van der Waals surface area contributed by atoms with Crippen molar-refractivity contribution in [1.82, 2.24) is 0 Å². The van der Waals surface area contributed by atoms with Gasteiger partial charge in [-0.2, -0.15) is 0 Å². The van der Waals surface area contributed by atoms with E-state index in [0.29, 0.717) is 17.2 Å². The lowest BCUT2D eigenvalue weighted by atomic mass is 10.2. The third-order valence-corrected chi connectivity index (χ3v) is 4.97. The Balaban J connectivity index is 1.63. The van der Waals surface area contributed by atoms with Gasteiger partial charge in [0.05, 0.1) is 7.05 Å². The van der Waals surface area contributed by atoms with Crippen LogP contribution in [0.5, 0.6) is 11.5 Å². The molecule has 6 heteroatoms. The Morgan fingerprint density at radius 1 is 1.25 bits per heavy atom. The zero-order valence-corrected chi connectivity index (χ0v) is 15.2. The van der Waals surface area contributed by atoms with Crippen LogP contribution in [0.25, 0.3) is 0 Å². The van der Waals surface area contributed by atoms with Crippen molar-refractivity contribution in [2.24, 2.45) is 0 Å².